The number of rotatable bonds is 4. The Hall–Kier alpha value is -0.343. The Labute approximate surface area is 152 Å². The van der Waals surface area contributed by atoms with Crippen LogP contribution in [0.3, 0.4) is 0 Å². The summed E-state index contributed by atoms with van der Waals surface area (Å²) in [7, 11) is -1.69. The third kappa shape index (κ3) is 4.43. The second-order valence-corrected chi connectivity index (χ2v) is 15.1. The highest BCUT2D eigenvalue weighted by atomic mass is 28.4. The summed E-state index contributed by atoms with van der Waals surface area (Å²) >= 11 is 0. The first-order valence-electron chi connectivity index (χ1n) is 10.0. The fourth-order valence-corrected chi connectivity index (χ4v) is 5.49. The van der Waals surface area contributed by atoms with E-state index in [2.05, 4.69) is 72.9 Å². The van der Waals surface area contributed by atoms with Gasteiger partial charge < -0.3 is 4.43 Å². The first kappa shape index (κ1) is 20.0. The molecule has 0 aliphatic heterocycles. The molecule has 0 aromatic heterocycles. The molecule has 2 aliphatic carbocycles. The normalized spacial score (nSPS) is 29.2. The van der Waals surface area contributed by atoms with E-state index in [-0.39, 0.29) is 11.1 Å². The lowest BCUT2D eigenvalue weighted by Gasteiger charge is -2.45. The maximum absolute atomic E-state index is 6.53. The highest BCUT2D eigenvalue weighted by molar-refractivity contribution is 6.74. The topological polar surface area (TPSA) is 9.23 Å². The van der Waals surface area contributed by atoms with Gasteiger partial charge in [-0.2, -0.15) is 0 Å². The fraction of sp³-hybridized carbons (Fsp3) is 0.818. The molecule has 2 heteroatoms. The van der Waals surface area contributed by atoms with Crippen molar-refractivity contribution in [1.29, 1.82) is 0 Å². The van der Waals surface area contributed by atoms with Gasteiger partial charge in [0.05, 0.1) is 6.10 Å². The van der Waals surface area contributed by atoms with Crippen LogP contribution in [0.25, 0.3) is 0 Å². The van der Waals surface area contributed by atoms with Crippen LogP contribution in [-0.4, -0.2) is 14.4 Å². The number of allylic oxidation sites excluding steroid dienone is 3. The van der Waals surface area contributed by atoms with Crippen molar-refractivity contribution in [2.45, 2.75) is 97.9 Å². The van der Waals surface area contributed by atoms with Crippen molar-refractivity contribution in [1.82, 2.24) is 0 Å². The Kier molecular flexibility index (Phi) is 5.92. The summed E-state index contributed by atoms with van der Waals surface area (Å²) in [4.78, 5) is 0. The molecule has 138 valence electrons. The van der Waals surface area contributed by atoms with Gasteiger partial charge in [-0.15, -0.1) is 0 Å². The average molecular weight is 349 g/mol. The largest absolute Gasteiger partial charge is 0.411 e. The minimum atomic E-state index is -1.69. The van der Waals surface area contributed by atoms with Crippen LogP contribution >= 0.6 is 0 Å². The van der Waals surface area contributed by atoms with Crippen LogP contribution in [0.15, 0.2) is 23.8 Å². The van der Waals surface area contributed by atoms with E-state index in [1.807, 2.05) is 0 Å². The van der Waals surface area contributed by atoms with E-state index >= 15 is 0 Å². The van der Waals surface area contributed by atoms with Crippen molar-refractivity contribution in [2.24, 2.45) is 17.3 Å². The molecule has 0 aromatic carbocycles. The van der Waals surface area contributed by atoms with Crippen molar-refractivity contribution in [3.05, 3.63) is 23.8 Å². The molecule has 0 heterocycles. The van der Waals surface area contributed by atoms with Crippen LogP contribution < -0.4 is 0 Å². The average Bonchev–Trinajstić information content (AvgIpc) is 2.44. The Balaban J connectivity index is 2.12. The first-order chi connectivity index (χ1) is 10.9. The molecular formula is C22H40OSi. The summed E-state index contributed by atoms with van der Waals surface area (Å²) < 4.78 is 6.53. The zero-order valence-corrected chi connectivity index (χ0v) is 18.4. The molecule has 0 aromatic rings. The summed E-state index contributed by atoms with van der Waals surface area (Å²) in [6.07, 6.45) is 14.4. The lowest BCUT2D eigenvalue weighted by Crippen LogP contribution is -2.43. The van der Waals surface area contributed by atoms with E-state index < -0.39 is 8.32 Å². The molecule has 0 unspecified atom stereocenters. The molecule has 2 rings (SSSR count). The van der Waals surface area contributed by atoms with Gasteiger partial charge >= 0.3 is 0 Å². The highest BCUT2D eigenvalue weighted by Crippen LogP contribution is 2.50. The van der Waals surface area contributed by atoms with Crippen LogP contribution in [0.5, 0.6) is 0 Å². The van der Waals surface area contributed by atoms with Crippen molar-refractivity contribution in [3.8, 4) is 0 Å². The van der Waals surface area contributed by atoms with Gasteiger partial charge in [-0.3, -0.25) is 0 Å². The van der Waals surface area contributed by atoms with E-state index in [0.29, 0.717) is 11.3 Å². The summed E-state index contributed by atoms with van der Waals surface area (Å²) in [6, 6.07) is 0. The standard InChI is InChI=1S/C22H40OSi/c1-17(23-24(7,8)21(2,3)4)13-14-20-19-12-10-9-11-18(19)15-16-22(20,5)6/h12-14,17-18,20H,9-11,15-16H2,1-8H3/b14-13+/t17-,18-,20+/m0/s1. The van der Waals surface area contributed by atoms with Gasteiger partial charge in [-0.1, -0.05) is 58.4 Å². The third-order valence-corrected chi connectivity index (χ3v) is 11.4. The van der Waals surface area contributed by atoms with Crippen molar-refractivity contribution in [3.63, 3.8) is 0 Å². The Bertz CT molecular complexity index is 493. The fourth-order valence-electron chi connectivity index (χ4n) is 4.13. The predicted molar refractivity (Wildman–Crippen MR) is 109 cm³/mol. The van der Waals surface area contributed by atoms with Crippen LogP contribution in [-0.2, 0) is 4.43 Å². The second-order valence-electron chi connectivity index (χ2n) is 10.3. The zero-order valence-electron chi connectivity index (χ0n) is 17.4. The van der Waals surface area contributed by atoms with Crippen molar-refractivity contribution < 1.29 is 4.43 Å². The molecule has 24 heavy (non-hydrogen) atoms. The van der Waals surface area contributed by atoms with Gasteiger partial charge in [0.25, 0.3) is 0 Å². The number of fused-ring (bicyclic) bond motifs is 1. The SMILES string of the molecule is C[C@@H](/C=C/[C@@H]1C2=CCCC[C@H]2CCC1(C)C)O[Si](C)(C)C(C)(C)C. The molecule has 3 atom stereocenters. The van der Waals surface area contributed by atoms with E-state index in [9.17, 15) is 0 Å². The van der Waals surface area contributed by atoms with Crippen molar-refractivity contribution in [2.75, 3.05) is 0 Å². The molecule has 0 radical (unpaired) electrons. The van der Waals surface area contributed by atoms with Gasteiger partial charge in [-0.25, -0.2) is 0 Å². The van der Waals surface area contributed by atoms with E-state index in [0.717, 1.165) is 5.92 Å². The zero-order chi connectivity index (χ0) is 18.2. The van der Waals surface area contributed by atoms with E-state index in [4.69, 9.17) is 4.43 Å². The Morgan fingerprint density at radius 2 is 1.92 bits per heavy atom. The summed E-state index contributed by atoms with van der Waals surface area (Å²) in [6.45, 7) is 18.8. The smallest absolute Gasteiger partial charge is 0.192 e. The molecule has 0 saturated heterocycles. The Morgan fingerprint density at radius 3 is 2.54 bits per heavy atom. The van der Waals surface area contributed by atoms with Gasteiger partial charge in [0.2, 0.25) is 0 Å². The molecular weight excluding hydrogens is 308 g/mol. The first-order valence-corrected chi connectivity index (χ1v) is 12.9. The summed E-state index contributed by atoms with van der Waals surface area (Å²) in [5.41, 5.74) is 2.11. The minimum Gasteiger partial charge on any atom is -0.411 e. The van der Waals surface area contributed by atoms with Crippen molar-refractivity contribution >= 4 is 8.32 Å². The molecule has 0 bridgehead atoms. The molecule has 1 nitrogen and oxygen atoms in total. The molecule has 0 N–H and O–H groups in total. The van der Waals surface area contributed by atoms with Crippen LogP contribution in [0, 0.1) is 17.3 Å². The number of hydrogen-bond donors (Lipinski definition) is 0. The molecule has 1 saturated carbocycles. The van der Waals surface area contributed by atoms with Gasteiger partial charge in [-0.05, 0) is 68.5 Å². The van der Waals surface area contributed by atoms with Crippen LogP contribution in [0.4, 0.5) is 0 Å². The number of hydrogen-bond acceptors (Lipinski definition) is 1. The highest BCUT2D eigenvalue weighted by Gasteiger charge is 2.40. The summed E-state index contributed by atoms with van der Waals surface area (Å²) in [5.74, 6) is 1.44. The quantitative estimate of drug-likeness (QED) is 0.388. The van der Waals surface area contributed by atoms with E-state index in [1.54, 1.807) is 5.57 Å². The van der Waals surface area contributed by atoms with Gasteiger partial charge in [0, 0.05) is 5.92 Å². The lowest BCUT2D eigenvalue weighted by molar-refractivity contribution is 0.180. The second kappa shape index (κ2) is 7.11. The summed E-state index contributed by atoms with van der Waals surface area (Å²) in [5, 5.41) is 0.274. The third-order valence-electron chi connectivity index (χ3n) is 6.81. The lowest BCUT2D eigenvalue weighted by atomic mass is 9.60. The van der Waals surface area contributed by atoms with Crippen LogP contribution in [0.2, 0.25) is 18.1 Å². The van der Waals surface area contributed by atoms with Crippen LogP contribution in [0.1, 0.15) is 73.6 Å². The molecule has 2 aliphatic rings. The maximum atomic E-state index is 6.53. The predicted octanol–water partition coefficient (Wildman–Crippen LogP) is 7.12. The van der Waals surface area contributed by atoms with Gasteiger partial charge in [0.1, 0.15) is 0 Å². The Morgan fingerprint density at radius 1 is 1.25 bits per heavy atom. The molecule has 0 amide bonds. The molecule has 0 spiro atoms. The molecule has 1 fully saturated rings. The minimum absolute atomic E-state index is 0.214. The monoisotopic (exact) mass is 348 g/mol. The maximum Gasteiger partial charge on any atom is 0.192 e. The van der Waals surface area contributed by atoms with Gasteiger partial charge in [0.15, 0.2) is 8.32 Å². The van der Waals surface area contributed by atoms with E-state index in [1.165, 1.54) is 32.1 Å².